The molecule has 1 rings (SSSR count). The third kappa shape index (κ3) is 3.22. The highest BCUT2D eigenvalue weighted by Crippen LogP contribution is 2.38. The molecule has 2 N–H and O–H groups in total. The van der Waals surface area contributed by atoms with Crippen molar-refractivity contribution in [2.45, 2.75) is 18.9 Å². The number of nitro groups is 1. The zero-order valence-electron chi connectivity index (χ0n) is 12.3. The molecular formula is C13H18N2O6. The van der Waals surface area contributed by atoms with Gasteiger partial charge in [0.25, 0.3) is 0 Å². The summed E-state index contributed by atoms with van der Waals surface area (Å²) >= 11 is 0. The van der Waals surface area contributed by atoms with E-state index in [0.717, 1.165) is 6.07 Å². The minimum atomic E-state index is -1.24. The van der Waals surface area contributed by atoms with Gasteiger partial charge in [0, 0.05) is 12.5 Å². The molecule has 8 heteroatoms. The molecule has 0 fully saturated rings. The highest BCUT2D eigenvalue weighted by molar-refractivity contribution is 5.78. The summed E-state index contributed by atoms with van der Waals surface area (Å²) < 4.78 is 4.90. The van der Waals surface area contributed by atoms with E-state index in [1.165, 1.54) is 25.0 Å². The number of nitrogens with zero attached hydrogens (tertiary/aromatic N) is 2. The lowest BCUT2D eigenvalue weighted by Crippen LogP contribution is -2.50. The number of carboxylic acids is 1. The summed E-state index contributed by atoms with van der Waals surface area (Å²) in [7, 11) is 4.49. The predicted molar refractivity (Wildman–Crippen MR) is 74.7 cm³/mol. The van der Waals surface area contributed by atoms with Gasteiger partial charge in [-0.2, -0.15) is 0 Å². The number of likely N-dealkylation sites (N-methyl/N-ethyl adjacent to an activating group) is 1. The number of carbonyl (C=O) groups is 1. The summed E-state index contributed by atoms with van der Waals surface area (Å²) in [6, 6.07) is 2.55. The van der Waals surface area contributed by atoms with E-state index in [4.69, 9.17) is 4.74 Å². The molecule has 0 saturated heterocycles. The molecule has 0 aromatic heterocycles. The Kier molecular flexibility index (Phi) is 4.74. The highest BCUT2D eigenvalue weighted by atomic mass is 16.6. The van der Waals surface area contributed by atoms with Gasteiger partial charge < -0.3 is 14.9 Å². The fourth-order valence-electron chi connectivity index (χ4n) is 1.87. The van der Waals surface area contributed by atoms with E-state index >= 15 is 0 Å². The van der Waals surface area contributed by atoms with Gasteiger partial charge in [-0.05, 0) is 32.6 Å². The van der Waals surface area contributed by atoms with Gasteiger partial charge >= 0.3 is 11.7 Å². The molecule has 8 nitrogen and oxygen atoms in total. The van der Waals surface area contributed by atoms with Crippen LogP contribution < -0.4 is 4.74 Å². The number of nitro benzene ring substituents is 1. The number of ether oxygens (including phenoxy) is 1. The van der Waals surface area contributed by atoms with E-state index in [1.54, 1.807) is 14.1 Å². The molecule has 1 unspecified atom stereocenters. The SMILES string of the molecule is COc1cc(CC(C)(C(=O)O)N(C)C)cc([N+](=O)[O-])c1O. The molecule has 1 atom stereocenters. The molecule has 0 spiro atoms. The topological polar surface area (TPSA) is 113 Å². The van der Waals surface area contributed by atoms with Crippen LogP contribution in [0.25, 0.3) is 0 Å². The number of aromatic hydroxyl groups is 1. The fraction of sp³-hybridized carbons (Fsp3) is 0.462. The molecule has 0 saturated carbocycles. The fourth-order valence-corrected chi connectivity index (χ4v) is 1.87. The Bertz CT molecular complexity index is 572. The molecule has 0 heterocycles. The second kappa shape index (κ2) is 5.96. The maximum Gasteiger partial charge on any atom is 0.324 e. The monoisotopic (exact) mass is 298 g/mol. The van der Waals surface area contributed by atoms with Crippen LogP contribution in [0.2, 0.25) is 0 Å². The summed E-state index contributed by atoms with van der Waals surface area (Å²) in [4.78, 5) is 23.2. The van der Waals surface area contributed by atoms with Gasteiger partial charge in [-0.15, -0.1) is 0 Å². The molecule has 0 aliphatic heterocycles. The average Bonchev–Trinajstić information content (AvgIpc) is 2.39. The lowest BCUT2D eigenvalue weighted by molar-refractivity contribution is -0.386. The van der Waals surface area contributed by atoms with Gasteiger partial charge in [-0.1, -0.05) is 0 Å². The van der Waals surface area contributed by atoms with E-state index < -0.39 is 27.9 Å². The molecule has 0 amide bonds. The third-order valence-electron chi connectivity index (χ3n) is 3.53. The van der Waals surface area contributed by atoms with Crippen molar-refractivity contribution in [1.29, 1.82) is 0 Å². The van der Waals surface area contributed by atoms with E-state index in [1.807, 2.05) is 0 Å². The zero-order valence-corrected chi connectivity index (χ0v) is 12.3. The number of aliphatic carboxylic acids is 1. The van der Waals surface area contributed by atoms with Crippen molar-refractivity contribution < 1.29 is 24.7 Å². The number of carboxylic acid groups (broad SMARTS) is 1. The van der Waals surface area contributed by atoms with Crippen LogP contribution in [-0.4, -0.2) is 52.7 Å². The summed E-state index contributed by atoms with van der Waals surface area (Å²) in [5.74, 6) is -1.69. The Hall–Kier alpha value is -2.35. The summed E-state index contributed by atoms with van der Waals surface area (Å²) in [6.07, 6.45) is 0.0206. The van der Waals surface area contributed by atoms with Crippen LogP contribution in [0.5, 0.6) is 11.5 Å². The van der Waals surface area contributed by atoms with Gasteiger partial charge in [0.15, 0.2) is 5.75 Å². The first-order chi connectivity index (χ1) is 9.63. The highest BCUT2D eigenvalue weighted by Gasteiger charge is 2.36. The van der Waals surface area contributed by atoms with Gasteiger partial charge in [0.2, 0.25) is 5.75 Å². The van der Waals surface area contributed by atoms with Gasteiger partial charge in [0.05, 0.1) is 12.0 Å². The summed E-state index contributed by atoms with van der Waals surface area (Å²) in [5, 5.41) is 30.0. The van der Waals surface area contributed by atoms with Crippen molar-refractivity contribution >= 4 is 11.7 Å². The first kappa shape index (κ1) is 16.7. The maximum atomic E-state index is 11.5. The normalized spacial score (nSPS) is 13.8. The molecule has 0 radical (unpaired) electrons. The predicted octanol–water partition coefficient (Wildman–Crippen LogP) is 1.26. The van der Waals surface area contributed by atoms with E-state index in [-0.39, 0.29) is 12.2 Å². The Balaban J connectivity index is 3.34. The van der Waals surface area contributed by atoms with Crippen LogP contribution in [-0.2, 0) is 11.2 Å². The second-order valence-corrected chi connectivity index (χ2v) is 5.07. The smallest absolute Gasteiger partial charge is 0.324 e. The van der Waals surface area contributed by atoms with Crippen molar-refractivity contribution in [3.63, 3.8) is 0 Å². The van der Waals surface area contributed by atoms with Crippen LogP contribution in [0.1, 0.15) is 12.5 Å². The quantitative estimate of drug-likeness (QED) is 0.600. The van der Waals surface area contributed by atoms with E-state index in [0.29, 0.717) is 5.56 Å². The zero-order chi connectivity index (χ0) is 16.4. The summed E-state index contributed by atoms with van der Waals surface area (Å²) in [6.45, 7) is 1.51. The lowest BCUT2D eigenvalue weighted by Gasteiger charge is -2.32. The number of rotatable bonds is 6. The molecule has 1 aromatic carbocycles. The van der Waals surface area contributed by atoms with Crippen molar-refractivity contribution in [3.05, 3.63) is 27.8 Å². The molecule has 0 bridgehead atoms. The molecule has 1 aromatic rings. The number of phenolic OH excluding ortho intramolecular Hbond substituents is 1. The number of benzene rings is 1. The van der Waals surface area contributed by atoms with Crippen LogP contribution in [0.3, 0.4) is 0 Å². The minimum Gasteiger partial charge on any atom is -0.500 e. The minimum absolute atomic E-state index is 0.0206. The number of phenols is 1. The Morgan fingerprint density at radius 2 is 2.05 bits per heavy atom. The molecule has 21 heavy (non-hydrogen) atoms. The largest absolute Gasteiger partial charge is 0.500 e. The number of hydrogen-bond acceptors (Lipinski definition) is 6. The molecular weight excluding hydrogens is 280 g/mol. The molecule has 0 aliphatic rings. The van der Waals surface area contributed by atoms with Gasteiger partial charge in [-0.3, -0.25) is 19.8 Å². The Morgan fingerprint density at radius 1 is 1.48 bits per heavy atom. The van der Waals surface area contributed by atoms with Crippen LogP contribution >= 0.6 is 0 Å². The van der Waals surface area contributed by atoms with Crippen molar-refractivity contribution in [3.8, 4) is 11.5 Å². The van der Waals surface area contributed by atoms with Crippen LogP contribution in [0.4, 0.5) is 5.69 Å². The lowest BCUT2D eigenvalue weighted by atomic mass is 9.91. The van der Waals surface area contributed by atoms with Gasteiger partial charge in [-0.25, -0.2) is 0 Å². The van der Waals surface area contributed by atoms with Crippen LogP contribution in [0.15, 0.2) is 12.1 Å². The standard InChI is InChI=1S/C13H18N2O6/c1-13(12(17)18,14(2)3)7-8-5-9(15(19)20)11(16)10(6-8)21-4/h5-6,16H,7H2,1-4H3,(H,17,18). The van der Waals surface area contributed by atoms with E-state index in [9.17, 15) is 25.1 Å². The average molecular weight is 298 g/mol. The Labute approximate surface area is 121 Å². The van der Waals surface area contributed by atoms with Crippen LogP contribution in [0, 0.1) is 10.1 Å². The number of hydrogen-bond donors (Lipinski definition) is 2. The third-order valence-corrected chi connectivity index (χ3v) is 3.53. The van der Waals surface area contributed by atoms with E-state index in [2.05, 4.69) is 0 Å². The maximum absolute atomic E-state index is 11.5. The molecule has 0 aliphatic carbocycles. The van der Waals surface area contributed by atoms with Crippen molar-refractivity contribution in [2.75, 3.05) is 21.2 Å². The van der Waals surface area contributed by atoms with Crippen molar-refractivity contribution in [1.82, 2.24) is 4.90 Å². The number of methoxy groups -OCH3 is 1. The summed E-state index contributed by atoms with van der Waals surface area (Å²) in [5.41, 5.74) is -1.37. The Morgan fingerprint density at radius 3 is 2.43 bits per heavy atom. The van der Waals surface area contributed by atoms with Gasteiger partial charge in [0.1, 0.15) is 5.54 Å². The van der Waals surface area contributed by atoms with Crippen molar-refractivity contribution in [2.24, 2.45) is 0 Å². The molecule has 116 valence electrons. The second-order valence-electron chi connectivity index (χ2n) is 5.07. The first-order valence-corrected chi connectivity index (χ1v) is 6.08. The first-order valence-electron chi connectivity index (χ1n) is 6.08.